The molecule has 1 aromatic heterocycles. The summed E-state index contributed by atoms with van der Waals surface area (Å²) in [5, 5.41) is 6.75. The highest BCUT2D eigenvalue weighted by molar-refractivity contribution is 6.42. The number of amides is 3. The van der Waals surface area contributed by atoms with Crippen LogP contribution in [-0.2, 0) is 20.8 Å². The highest BCUT2D eigenvalue weighted by Gasteiger charge is 2.47. The number of fused-ring (bicyclic) bond motifs is 1. The Labute approximate surface area is 290 Å². The summed E-state index contributed by atoms with van der Waals surface area (Å²) in [7, 11) is 4.53. The fourth-order valence-electron chi connectivity index (χ4n) is 6.75. The number of esters is 1. The van der Waals surface area contributed by atoms with Gasteiger partial charge in [-0.1, -0.05) is 42.5 Å². The van der Waals surface area contributed by atoms with Crippen LogP contribution >= 0.6 is 23.2 Å². The van der Waals surface area contributed by atoms with Crippen LogP contribution in [0.5, 0.6) is 11.5 Å². The molecule has 3 amide bonds. The molecule has 0 spiro atoms. The second-order valence-corrected chi connectivity index (χ2v) is 14.2. The Morgan fingerprint density at radius 2 is 1.73 bits per heavy atom. The lowest BCUT2D eigenvalue weighted by Gasteiger charge is -2.46. The first kappa shape index (κ1) is 35.6. The van der Waals surface area contributed by atoms with Crippen molar-refractivity contribution in [2.45, 2.75) is 84.0 Å². The summed E-state index contributed by atoms with van der Waals surface area (Å²) in [6, 6.07) is 0.333. The second kappa shape index (κ2) is 14.4. The number of carbonyl (C=O) groups excluding carboxylic acids is 3. The molecule has 5 rings (SSSR count). The first-order chi connectivity index (χ1) is 22.8. The minimum atomic E-state index is -0.701. The van der Waals surface area contributed by atoms with Crippen LogP contribution in [0.1, 0.15) is 65.4 Å². The summed E-state index contributed by atoms with van der Waals surface area (Å²) in [5.41, 5.74) is 0.197. The highest BCUT2D eigenvalue weighted by Crippen LogP contribution is 2.48. The van der Waals surface area contributed by atoms with Crippen LogP contribution in [0.2, 0.25) is 10.0 Å². The number of carbonyl (C=O) groups is 3. The van der Waals surface area contributed by atoms with Gasteiger partial charge < -0.3 is 29.6 Å². The number of anilines is 3. The quantitative estimate of drug-likeness (QED) is 0.280. The van der Waals surface area contributed by atoms with Gasteiger partial charge >= 0.3 is 18.1 Å². The number of benzene rings is 1. The Morgan fingerprint density at radius 3 is 2.29 bits per heavy atom. The average Bonchev–Trinajstić information content (AvgIpc) is 2.99. The Morgan fingerprint density at radius 1 is 1.06 bits per heavy atom. The van der Waals surface area contributed by atoms with E-state index in [0.717, 1.165) is 19.3 Å². The molecule has 0 saturated heterocycles. The molecule has 1 aromatic carbocycles. The van der Waals surface area contributed by atoms with E-state index in [1.54, 1.807) is 47.0 Å². The first-order valence-corrected chi connectivity index (χ1v) is 17.0. The van der Waals surface area contributed by atoms with Gasteiger partial charge in [-0.15, -0.1) is 0 Å². The van der Waals surface area contributed by atoms with Crippen molar-refractivity contribution in [3.63, 3.8) is 0 Å². The van der Waals surface area contributed by atoms with Gasteiger partial charge in [0, 0.05) is 30.9 Å². The number of nitrogens with one attached hydrogen (secondary N) is 2. The van der Waals surface area contributed by atoms with Crippen LogP contribution in [-0.4, -0.2) is 73.6 Å². The fraction of sp³-hybridized carbons (Fsp3) is 0.606. The molecule has 13 nitrogen and oxygen atoms in total. The van der Waals surface area contributed by atoms with E-state index < -0.39 is 23.8 Å². The van der Waals surface area contributed by atoms with Crippen molar-refractivity contribution >= 4 is 58.7 Å². The first-order valence-electron chi connectivity index (χ1n) is 16.2. The van der Waals surface area contributed by atoms with Crippen LogP contribution in [0.3, 0.4) is 0 Å². The molecule has 2 aromatic rings. The van der Waals surface area contributed by atoms with Gasteiger partial charge in [0.25, 0.3) is 0 Å². The van der Waals surface area contributed by atoms with Crippen LogP contribution in [0, 0.1) is 17.8 Å². The normalized spacial score (nSPS) is 22.7. The van der Waals surface area contributed by atoms with Gasteiger partial charge in [0.15, 0.2) is 0 Å². The Hall–Kier alpha value is -3.71. The maximum atomic E-state index is 13.8. The number of hydrogen-bond acceptors (Lipinski definition) is 10. The van der Waals surface area contributed by atoms with Crippen molar-refractivity contribution in [3.05, 3.63) is 27.9 Å². The molecule has 0 radical (unpaired) electrons. The number of hydrogen-bond donors (Lipinski definition) is 2. The van der Waals surface area contributed by atoms with Gasteiger partial charge in [0.2, 0.25) is 5.95 Å². The zero-order valence-electron chi connectivity index (χ0n) is 28.4. The van der Waals surface area contributed by atoms with Gasteiger partial charge in [-0.05, 0) is 52.4 Å². The number of alkyl carbamates (subject to hydrolysis) is 1. The molecule has 4 unspecified atom stereocenters. The fourth-order valence-corrected chi connectivity index (χ4v) is 7.46. The van der Waals surface area contributed by atoms with Gasteiger partial charge in [0.05, 0.1) is 45.0 Å². The molecular formula is C33H44Cl2N6O7. The predicted octanol–water partition coefficient (Wildman–Crippen LogP) is 6.44. The van der Waals surface area contributed by atoms with E-state index in [4.69, 9.17) is 47.1 Å². The zero-order valence-corrected chi connectivity index (χ0v) is 29.9. The molecule has 15 heteroatoms. The lowest BCUT2D eigenvalue weighted by atomic mass is 9.63. The largest absolute Gasteiger partial charge is 0.495 e. The molecule has 2 saturated carbocycles. The van der Waals surface area contributed by atoms with Crippen LogP contribution < -0.4 is 29.9 Å². The summed E-state index contributed by atoms with van der Waals surface area (Å²) in [6.45, 7) is 7.56. The molecule has 48 heavy (non-hydrogen) atoms. The number of nitrogens with zero attached hydrogens (tertiary/aromatic N) is 4. The molecule has 2 fully saturated rings. The topological polar surface area (TPSA) is 144 Å². The Bertz CT molecular complexity index is 1520. The van der Waals surface area contributed by atoms with Crippen molar-refractivity contribution < 1.29 is 33.3 Å². The molecule has 2 N–H and O–H groups in total. The molecule has 3 aliphatic rings. The van der Waals surface area contributed by atoms with Crippen LogP contribution in [0.4, 0.5) is 27.0 Å². The third kappa shape index (κ3) is 7.31. The number of methoxy groups -OCH3 is 2. The summed E-state index contributed by atoms with van der Waals surface area (Å²) in [5.74, 6) is 1.15. The van der Waals surface area contributed by atoms with E-state index in [9.17, 15) is 14.4 Å². The van der Waals surface area contributed by atoms with E-state index in [2.05, 4.69) is 15.6 Å². The predicted molar refractivity (Wildman–Crippen MR) is 182 cm³/mol. The summed E-state index contributed by atoms with van der Waals surface area (Å²) >= 11 is 13.3. The summed E-state index contributed by atoms with van der Waals surface area (Å²) in [6.07, 6.45) is 5.25. The molecule has 2 heterocycles. The number of aromatic nitrogens is 2. The second-order valence-electron chi connectivity index (χ2n) is 13.4. The lowest BCUT2D eigenvalue weighted by Crippen LogP contribution is -2.56. The van der Waals surface area contributed by atoms with Gasteiger partial charge in [-0.2, -0.15) is 4.98 Å². The molecule has 0 bridgehead atoms. The highest BCUT2D eigenvalue weighted by atomic mass is 35.5. The van der Waals surface area contributed by atoms with E-state index in [0.29, 0.717) is 41.6 Å². The Kier molecular flexibility index (Phi) is 10.7. The molecule has 262 valence electrons. The molecule has 4 atom stereocenters. The zero-order chi connectivity index (χ0) is 34.9. The lowest BCUT2D eigenvalue weighted by molar-refractivity contribution is -0.153. The number of ether oxygens (including phenoxy) is 4. The number of halogens is 2. The summed E-state index contributed by atoms with van der Waals surface area (Å²) < 4.78 is 21.9. The van der Waals surface area contributed by atoms with E-state index >= 15 is 0 Å². The Balaban J connectivity index is 1.43. The molecule has 2 aliphatic carbocycles. The van der Waals surface area contributed by atoms with Crippen molar-refractivity contribution in [2.75, 3.05) is 43.0 Å². The van der Waals surface area contributed by atoms with Gasteiger partial charge in [-0.3, -0.25) is 14.6 Å². The van der Waals surface area contributed by atoms with E-state index in [1.165, 1.54) is 24.0 Å². The SMILES string of the molecule is CCOC(=O)C1CC(NC(=O)OC(C)(C)C)C(Nc2ncc3c(n2)N(C)C(=O)N(c2c(Cl)c(OC)cc(OC)c2Cl)C3)CC1C1CCC1. The maximum Gasteiger partial charge on any atom is 0.407 e. The van der Waals surface area contributed by atoms with E-state index in [-0.39, 0.29) is 58.7 Å². The number of urea groups is 1. The van der Waals surface area contributed by atoms with E-state index in [1.807, 2.05) is 0 Å². The third-order valence-corrected chi connectivity index (χ3v) is 9.95. The molecular weight excluding hydrogens is 663 g/mol. The molecule has 1 aliphatic heterocycles. The summed E-state index contributed by atoms with van der Waals surface area (Å²) in [4.78, 5) is 52.1. The van der Waals surface area contributed by atoms with Crippen LogP contribution in [0.25, 0.3) is 0 Å². The minimum absolute atomic E-state index is 0.0665. The van der Waals surface area contributed by atoms with Crippen LogP contribution in [0.15, 0.2) is 12.3 Å². The van der Waals surface area contributed by atoms with Crippen molar-refractivity contribution in [1.29, 1.82) is 0 Å². The maximum absolute atomic E-state index is 13.8. The van der Waals surface area contributed by atoms with Crippen molar-refractivity contribution in [1.82, 2.24) is 15.3 Å². The smallest absolute Gasteiger partial charge is 0.407 e. The van der Waals surface area contributed by atoms with Crippen molar-refractivity contribution in [2.24, 2.45) is 17.8 Å². The minimum Gasteiger partial charge on any atom is -0.495 e. The van der Waals surface area contributed by atoms with Gasteiger partial charge in [0.1, 0.15) is 33.0 Å². The van der Waals surface area contributed by atoms with Crippen molar-refractivity contribution in [3.8, 4) is 11.5 Å². The third-order valence-electron chi connectivity index (χ3n) is 9.22. The van der Waals surface area contributed by atoms with Gasteiger partial charge in [-0.25, -0.2) is 14.6 Å². The standard InChI is InChI=1S/C33H44Cl2N6O7/c1-8-47-29(42)20-13-22(38-31(43)48-33(2,3)4)21(12-19(20)17-10-9-11-17)37-30-36-15-18-16-41(32(44)40(5)28(18)39-30)27-25(34)23(45-6)14-24(46-7)26(27)35/h14-15,17,19-22H,8-13,16H2,1-7H3,(H,38,43)(H,36,37,39). The number of rotatable bonds is 9. The monoisotopic (exact) mass is 706 g/mol. The average molecular weight is 708 g/mol.